The second kappa shape index (κ2) is 9.71. The molecule has 1 aromatic carbocycles. The lowest BCUT2D eigenvalue weighted by Gasteiger charge is -2.15. The molecule has 0 aliphatic heterocycles. The van der Waals surface area contributed by atoms with E-state index in [1.54, 1.807) is 34.1 Å². The molecule has 0 amide bonds. The zero-order valence-electron chi connectivity index (χ0n) is 14.1. The van der Waals surface area contributed by atoms with E-state index in [-0.39, 0.29) is 13.2 Å². The van der Waals surface area contributed by atoms with E-state index in [0.717, 1.165) is 5.56 Å². The molecule has 6 nitrogen and oxygen atoms in total. The van der Waals surface area contributed by atoms with E-state index in [0.29, 0.717) is 24.3 Å². The van der Waals surface area contributed by atoms with E-state index >= 15 is 0 Å². The van der Waals surface area contributed by atoms with E-state index in [9.17, 15) is 9.59 Å². The number of hydrogen-bond donors (Lipinski definition) is 0. The summed E-state index contributed by atoms with van der Waals surface area (Å²) in [6, 6.07) is 5.48. The van der Waals surface area contributed by atoms with Crippen molar-refractivity contribution in [3.63, 3.8) is 0 Å². The van der Waals surface area contributed by atoms with Gasteiger partial charge in [0.05, 0.1) is 27.4 Å². The van der Waals surface area contributed by atoms with Gasteiger partial charge in [0, 0.05) is 0 Å². The fraction of sp³-hybridized carbons (Fsp3) is 0.529. The fourth-order valence-corrected chi connectivity index (χ4v) is 2.16. The molecule has 0 radical (unpaired) electrons. The van der Waals surface area contributed by atoms with E-state index < -0.39 is 17.9 Å². The lowest BCUT2D eigenvalue weighted by atomic mass is 9.99. The maximum Gasteiger partial charge on any atom is 0.320 e. The largest absolute Gasteiger partial charge is 0.493 e. The van der Waals surface area contributed by atoms with Crippen molar-refractivity contribution in [1.29, 1.82) is 0 Å². The number of benzene rings is 1. The third-order valence-corrected chi connectivity index (χ3v) is 3.31. The molecule has 0 N–H and O–H groups in total. The van der Waals surface area contributed by atoms with Gasteiger partial charge in [0.1, 0.15) is 0 Å². The van der Waals surface area contributed by atoms with Gasteiger partial charge in [-0.25, -0.2) is 0 Å². The molecular weight excluding hydrogens is 300 g/mol. The Hall–Kier alpha value is -2.24. The van der Waals surface area contributed by atoms with Crippen LogP contribution in [0.15, 0.2) is 18.2 Å². The van der Waals surface area contributed by atoms with Crippen LogP contribution in [0.3, 0.4) is 0 Å². The van der Waals surface area contributed by atoms with Gasteiger partial charge in [-0.1, -0.05) is 6.07 Å². The Morgan fingerprint density at radius 3 is 2.00 bits per heavy atom. The number of ether oxygens (including phenoxy) is 4. The van der Waals surface area contributed by atoms with Gasteiger partial charge in [0.15, 0.2) is 17.4 Å². The second-order valence-electron chi connectivity index (χ2n) is 4.78. The summed E-state index contributed by atoms with van der Waals surface area (Å²) in [4.78, 5) is 23.9. The summed E-state index contributed by atoms with van der Waals surface area (Å²) in [5.74, 6) is -0.779. The van der Waals surface area contributed by atoms with Crippen molar-refractivity contribution >= 4 is 11.9 Å². The summed E-state index contributed by atoms with van der Waals surface area (Å²) >= 11 is 0. The number of hydrogen-bond acceptors (Lipinski definition) is 6. The monoisotopic (exact) mass is 324 g/mol. The van der Waals surface area contributed by atoms with Gasteiger partial charge in [-0.2, -0.15) is 0 Å². The number of methoxy groups -OCH3 is 2. The van der Waals surface area contributed by atoms with Crippen molar-refractivity contribution in [2.75, 3.05) is 27.4 Å². The van der Waals surface area contributed by atoms with Crippen molar-refractivity contribution in [3.05, 3.63) is 23.8 Å². The van der Waals surface area contributed by atoms with Crippen molar-refractivity contribution in [1.82, 2.24) is 0 Å². The molecule has 0 fully saturated rings. The predicted octanol–water partition coefficient (Wildman–Crippen LogP) is 2.38. The molecule has 0 aromatic heterocycles. The van der Waals surface area contributed by atoms with Crippen LogP contribution in [0.4, 0.5) is 0 Å². The minimum absolute atomic E-state index is 0.227. The van der Waals surface area contributed by atoms with Gasteiger partial charge >= 0.3 is 11.9 Å². The Kier molecular flexibility index (Phi) is 7.94. The second-order valence-corrected chi connectivity index (χ2v) is 4.78. The summed E-state index contributed by atoms with van der Waals surface area (Å²) < 4.78 is 20.3. The standard InChI is InChI=1S/C17H24O6/c1-5-22-16(18)13(17(19)23-6-2)9-7-12-8-10-14(20-3)15(11-12)21-4/h8,10-11,13H,5-7,9H2,1-4H3. The Morgan fingerprint density at radius 2 is 1.52 bits per heavy atom. The maximum absolute atomic E-state index is 11.9. The molecule has 0 atom stereocenters. The van der Waals surface area contributed by atoms with Gasteiger partial charge in [-0.05, 0) is 44.4 Å². The molecule has 0 bridgehead atoms. The van der Waals surface area contributed by atoms with Crippen molar-refractivity contribution in [2.45, 2.75) is 26.7 Å². The van der Waals surface area contributed by atoms with E-state index in [1.165, 1.54) is 0 Å². The molecule has 0 saturated carbocycles. The minimum atomic E-state index is -0.914. The number of rotatable bonds is 9. The van der Waals surface area contributed by atoms with Crippen molar-refractivity contribution < 1.29 is 28.5 Å². The molecule has 6 heteroatoms. The first kappa shape index (κ1) is 18.8. The molecule has 1 rings (SSSR count). The Bertz CT molecular complexity index is 508. The molecule has 1 aromatic rings. The highest BCUT2D eigenvalue weighted by molar-refractivity contribution is 5.94. The zero-order chi connectivity index (χ0) is 17.2. The van der Waals surface area contributed by atoms with Crippen molar-refractivity contribution in [2.24, 2.45) is 5.92 Å². The predicted molar refractivity (Wildman–Crippen MR) is 84.6 cm³/mol. The highest BCUT2D eigenvalue weighted by Crippen LogP contribution is 2.28. The Morgan fingerprint density at radius 1 is 0.957 bits per heavy atom. The topological polar surface area (TPSA) is 71.1 Å². The van der Waals surface area contributed by atoms with Crippen LogP contribution in [-0.2, 0) is 25.5 Å². The molecule has 0 saturated heterocycles. The number of carbonyl (C=O) groups is 2. The molecule has 0 spiro atoms. The molecule has 23 heavy (non-hydrogen) atoms. The average Bonchev–Trinajstić information content (AvgIpc) is 2.55. The van der Waals surface area contributed by atoms with Crippen LogP contribution in [0.5, 0.6) is 11.5 Å². The maximum atomic E-state index is 11.9. The van der Waals surface area contributed by atoms with Crippen LogP contribution in [0.25, 0.3) is 0 Å². The van der Waals surface area contributed by atoms with E-state index in [1.807, 2.05) is 12.1 Å². The Labute approximate surface area is 136 Å². The van der Waals surface area contributed by atoms with E-state index in [2.05, 4.69) is 0 Å². The van der Waals surface area contributed by atoms with Crippen LogP contribution in [0, 0.1) is 5.92 Å². The molecule has 0 unspecified atom stereocenters. The highest BCUT2D eigenvalue weighted by Gasteiger charge is 2.29. The molecule has 0 heterocycles. The van der Waals surface area contributed by atoms with Gasteiger partial charge in [-0.3, -0.25) is 9.59 Å². The third kappa shape index (κ3) is 5.47. The third-order valence-electron chi connectivity index (χ3n) is 3.31. The summed E-state index contributed by atoms with van der Waals surface area (Å²) in [7, 11) is 3.12. The van der Waals surface area contributed by atoms with Gasteiger partial charge < -0.3 is 18.9 Å². The van der Waals surface area contributed by atoms with Crippen LogP contribution < -0.4 is 9.47 Å². The minimum Gasteiger partial charge on any atom is -0.493 e. The van der Waals surface area contributed by atoms with Gasteiger partial charge in [0.2, 0.25) is 0 Å². The van der Waals surface area contributed by atoms with E-state index in [4.69, 9.17) is 18.9 Å². The van der Waals surface area contributed by atoms with Crippen molar-refractivity contribution in [3.8, 4) is 11.5 Å². The van der Waals surface area contributed by atoms with Gasteiger partial charge in [0.25, 0.3) is 0 Å². The average molecular weight is 324 g/mol. The first-order chi connectivity index (χ1) is 11.1. The highest BCUT2D eigenvalue weighted by atomic mass is 16.6. The molecule has 0 aliphatic carbocycles. The summed E-state index contributed by atoms with van der Waals surface area (Å²) in [5, 5.41) is 0. The normalized spacial score (nSPS) is 10.3. The summed E-state index contributed by atoms with van der Waals surface area (Å²) in [6.07, 6.45) is 0.829. The van der Waals surface area contributed by atoms with Crippen LogP contribution >= 0.6 is 0 Å². The fourth-order valence-electron chi connectivity index (χ4n) is 2.16. The first-order valence-corrected chi connectivity index (χ1v) is 7.61. The number of aryl methyl sites for hydroxylation is 1. The smallest absolute Gasteiger partial charge is 0.320 e. The van der Waals surface area contributed by atoms with Gasteiger partial charge in [-0.15, -0.1) is 0 Å². The number of esters is 2. The zero-order valence-corrected chi connectivity index (χ0v) is 14.1. The van der Waals surface area contributed by atoms with Crippen LogP contribution in [0.1, 0.15) is 25.8 Å². The van der Waals surface area contributed by atoms with Crippen LogP contribution in [0.2, 0.25) is 0 Å². The Balaban J connectivity index is 2.81. The lowest BCUT2D eigenvalue weighted by Crippen LogP contribution is -2.28. The summed E-state index contributed by atoms with van der Waals surface area (Å²) in [5.41, 5.74) is 0.932. The lowest BCUT2D eigenvalue weighted by molar-refractivity contribution is -0.161. The SMILES string of the molecule is CCOC(=O)C(CCc1ccc(OC)c(OC)c1)C(=O)OCC. The molecular formula is C17H24O6. The van der Waals surface area contributed by atoms with Crippen LogP contribution in [-0.4, -0.2) is 39.4 Å². The molecule has 0 aliphatic rings. The number of carbonyl (C=O) groups excluding carboxylic acids is 2. The molecule has 128 valence electrons. The quantitative estimate of drug-likeness (QED) is 0.513. The first-order valence-electron chi connectivity index (χ1n) is 7.61. The summed E-state index contributed by atoms with van der Waals surface area (Å²) in [6.45, 7) is 3.86.